The Hall–Kier alpha value is -2.43. The predicted octanol–water partition coefficient (Wildman–Crippen LogP) is 2.24. The summed E-state index contributed by atoms with van der Waals surface area (Å²) in [5.74, 6) is 0.536. The number of rotatable bonds is 1. The quantitative estimate of drug-likeness (QED) is 0.787. The molecule has 1 amide bonds. The van der Waals surface area contributed by atoms with Crippen LogP contribution in [0.3, 0.4) is 0 Å². The number of likely N-dealkylation sites (N-methyl/N-ethyl adjacent to an activating group) is 1. The number of nitrogens with zero attached hydrogens (tertiary/aromatic N) is 2. The fraction of sp³-hybridized carbons (Fsp3) is 0.143. The first-order chi connectivity index (χ1) is 9.15. The van der Waals surface area contributed by atoms with Gasteiger partial charge in [0.25, 0.3) is 5.91 Å². The monoisotopic (exact) mass is 258 g/mol. The molecule has 0 saturated heterocycles. The first-order valence-corrected chi connectivity index (χ1v) is 5.81. The Kier molecular flexibility index (Phi) is 2.67. The molecular weight excluding hydrogens is 247 g/mol. The number of anilines is 1. The van der Waals surface area contributed by atoms with E-state index in [2.05, 4.69) is 4.98 Å². The first kappa shape index (κ1) is 11.6. The molecule has 96 valence electrons. The summed E-state index contributed by atoms with van der Waals surface area (Å²) in [6.45, 7) is 0.0183. The second-order valence-corrected chi connectivity index (χ2v) is 4.27. The van der Waals surface area contributed by atoms with Gasteiger partial charge in [-0.25, -0.2) is 9.37 Å². The Morgan fingerprint density at radius 1 is 1.32 bits per heavy atom. The van der Waals surface area contributed by atoms with E-state index in [9.17, 15) is 9.18 Å². The van der Waals surface area contributed by atoms with E-state index in [-0.39, 0.29) is 18.3 Å². The van der Waals surface area contributed by atoms with Gasteiger partial charge in [-0.1, -0.05) is 12.1 Å². The number of benzene rings is 1. The lowest BCUT2D eigenvalue weighted by atomic mass is 10.1. The highest BCUT2D eigenvalue weighted by Crippen LogP contribution is 2.31. The van der Waals surface area contributed by atoms with Crippen molar-refractivity contribution in [3.63, 3.8) is 0 Å². The summed E-state index contributed by atoms with van der Waals surface area (Å²) in [7, 11) is 1.64. The first-order valence-electron chi connectivity index (χ1n) is 5.81. The molecule has 0 bridgehead atoms. The van der Waals surface area contributed by atoms with Crippen LogP contribution in [0.25, 0.3) is 11.3 Å². The number of ether oxygens (including phenoxy) is 1. The molecule has 0 radical (unpaired) electrons. The normalized spacial score (nSPS) is 14.0. The molecule has 0 N–H and O–H groups in total. The van der Waals surface area contributed by atoms with E-state index >= 15 is 0 Å². The largest absolute Gasteiger partial charge is 0.480 e. The summed E-state index contributed by atoms with van der Waals surface area (Å²) >= 11 is 0. The minimum Gasteiger partial charge on any atom is -0.480 e. The second-order valence-electron chi connectivity index (χ2n) is 4.27. The van der Waals surface area contributed by atoms with Gasteiger partial charge in [0.1, 0.15) is 5.82 Å². The average molecular weight is 258 g/mol. The smallest absolute Gasteiger partial charge is 0.265 e. The summed E-state index contributed by atoms with van der Waals surface area (Å²) in [5.41, 5.74) is 1.26. The summed E-state index contributed by atoms with van der Waals surface area (Å²) in [6, 6.07) is 9.66. The third-order valence-corrected chi connectivity index (χ3v) is 3.00. The highest BCUT2D eigenvalue weighted by atomic mass is 19.1. The number of halogens is 1. The molecule has 1 aliphatic heterocycles. The van der Waals surface area contributed by atoms with Crippen molar-refractivity contribution in [2.75, 3.05) is 18.6 Å². The highest BCUT2D eigenvalue weighted by molar-refractivity contribution is 5.96. The number of amides is 1. The molecular formula is C14H11FN2O2. The van der Waals surface area contributed by atoms with Crippen molar-refractivity contribution in [3.8, 4) is 17.0 Å². The zero-order valence-electron chi connectivity index (χ0n) is 10.3. The molecule has 1 aromatic heterocycles. The van der Waals surface area contributed by atoms with Crippen molar-refractivity contribution < 1.29 is 13.9 Å². The van der Waals surface area contributed by atoms with E-state index in [1.165, 1.54) is 17.0 Å². The standard InChI is InChI=1S/C14H11FN2O2/c1-17-13(18)8-19-12-6-5-11(16-14(12)17)9-3-2-4-10(15)7-9/h2-7H,8H2,1H3. The van der Waals surface area contributed by atoms with Crippen LogP contribution in [-0.2, 0) is 4.79 Å². The highest BCUT2D eigenvalue weighted by Gasteiger charge is 2.23. The molecule has 2 aromatic rings. The van der Waals surface area contributed by atoms with Gasteiger partial charge in [0.05, 0.1) is 5.69 Å². The van der Waals surface area contributed by atoms with Gasteiger partial charge in [-0.3, -0.25) is 9.69 Å². The number of hydrogen-bond acceptors (Lipinski definition) is 3. The number of carbonyl (C=O) groups is 1. The molecule has 1 aromatic carbocycles. The van der Waals surface area contributed by atoms with Gasteiger partial charge < -0.3 is 4.74 Å². The zero-order valence-corrected chi connectivity index (χ0v) is 10.3. The third kappa shape index (κ3) is 2.03. The molecule has 0 unspecified atom stereocenters. The lowest BCUT2D eigenvalue weighted by Crippen LogP contribution is -2.36. The van der Waals surface area contributed by atoms with Crippen molar-refractivity contribution in [3.05, 3.63) is 42.2 Å². The van der Waals surface area contributed by atoms with Crippen LogP contribution >= 0.6 is 0 Å². The average Bonchev–Trinajstić information content (AvgIpc) is 2.43. The number of aromatic nitrogens is 1. The molecule has 4 nitrogen and oxygen atoms in total. The molecule has 2 heterocycles. The molecule has 1 aliphatic rings. The van der Waals surface area contributed by atoms with Gasteiger partial charge >= 0.3 is 0 Å². The van der Waals surface area contributed by atoms with E-state index in [0.29, 0.717) is 22.8 Å². The Bertz CT molecular complexity index is 658. The van der Waals surface area contributed by atoms with E-state index in [4.69, 9.17) is 4.74 Å². The van der Waals surface area contributed by atoms with Gasteiger partial charge in [-0.15, -0.1) is 0 Å². The zero-order chi connectivity index (χ0) is 13.4. The van der Waals surface area contributed by atoms with Crippen LogP contribution in [0.1, 0.15) is 0 Å². The van der Waals surface area contributed by atoms with Crippen LogP contribution in [0.15, 0.2) is 36.4 Å². The molecule has 5 heteroatoms. The van der Waals surface area contributed by atoms with Crippen LogP contribution in [0.2, 0.25) is 0 Å². The molecule has 0 spiro atoms. The van der Waals surface area contributed by atoms with E-state index < -0.39 is 0 Å². The van der Waals surface area contributed by atoms with Crippen molar-refractivity contribution in [2.24, 2.45) is 0 Å². The van der Waals surface area contributed by atoms with Crippen molar-refractivity contribution in [2.45, 2.75) is 0 Å². The van der Waals surface area contributed by atoms with E-state index in [1.54, 1.807) is 31.3 Å². The molecule has 0 aliphatic carbocycles. The van der Waals surface area contributed by atoms with E-state index in [0.717, 1.165) is 0 Å². The predicted molar refractivity (Wildman–Crippen MR) is 68.5 cm³/mol. The molecule has 19 heavy (non-hydrogen) atoms. The summed E-state index contributed by atoms with van der Waals surface area (Å²) in [6.07, 6.45) is 0. The fourth-order valence-corrected chi connectivity index (χ4v) is 1.95. The fourth-order valence-electron chi connectivity index (χ4n) is 1.95. The van der Waals surface area contributed by atoms with Gasteiger partial charge in [-0.2, -0.15) is 0 Å². The van der Waals surface area contributed by atoms with Crippen LogP contribution in [0.5, 0.6) is 5.75 Å². The molecule has 0 saturated carbocycles. The summed E-state index contributed by atoms with van der Waals surface area (Å²) in [5, 5.41) is 0. The van der Waals surface area contributed by atoms with Crippen LogP contribution in [0, 0.1) is 5.82 Å². The van der Waals surface area contributed by atoms with Gasteiger partial charge in [-0.05, 0) is 24.3 Å². The number of carbonyl (C=O) groups excluding carboxylic acids is 1. The molecule has 0 fully saturated rings. The van der Waals surface area contributed by atoms with Crippen LogP contribution in [-0.4, -0.2) is 24.5 Å². The maximum atomic E-state index is 13.2. The number of fused-ring (bicyclic) bond motifs is 1. The third-order valence-electron chi connectivity index (χ3n) is 3.00. The van der Waals surface area contributed by atoms with Crippen molar-refractivity contribution >= 4 is 11.7 Å². The lowest BCUT2D eigenvalue weighted by Gasteiger charge is -2.25. The van der Waals surface area contributed by atoms with Gasteiger partial charge in [0, 0.05) is 12.6 Å². The number of pyridine rings is 1. The Labute approximate surface area is 109 Å². The summed E-state index contributed by atoms with van der Waals surface area (Å²) < 4.78 is 18.5. The van der Waals surface area contributed by atoms with E-state index in [1.807, 2.05) is 0 Å². The lowest BCUT2D eigenvalue weighted by molar-refractivity contribution is -0.121. The minimum atomic E-state index is -0.322. The molecule has 3 rings (SSSR count). The van der Waals surface area contributed by atoms with Gasteiger partial charge in [0.15, 0.2) is 18.2 Å². The maximum absolute atomic E-state index is 13.2. The topological polar surface area (TPSA) is 42.4 Å². The second kappa shape index (κ2) is 4.35. The van der Waals surface area contributed by atoms with Crippen LogP contribution < -0.4 is 9.64 Å². The molecule has 0 atom stereocenters. The van der Waals surface area contributed by atoms with Crippen molar-refractivity contribution in [1.82, 2.24) is 4.98 Å². The Morgan fingerprint density at radius 3 is 2.95 bits per heavy atom. The number of hydrogen-bond donors (Lipinski definition) is 0. The van der Waals surface area contributed by atoms with Crippen LogP contribution in [0.4, 0.5) is 10.2 Å². The minimum absolute atomic E-state index is 0.0183. The van der Waals surface area contributed by atoms with Crippen molar-refractivity contribution in [1.29, 1.82) is 0 Å². The Morgan fingerprint density at radius 2 is 2.16 bits per heavy atom. The SMILES string of the molecule is CN1C(=O)COc2ccc(-c3cccc(F)c3)nc21. The summed E-state index contributed by atoms with van der Waals surface area (Å²) in [4.78, 5) is 17.4. The Balaban J connectivity index is 2.08. The maximum Gasteiger partial charge on any atom is 0.265 e. The van der Waals surface area contributed by atoms with Gasteiger partial charge in [0.2, 0.25) is 0 Å².